The summed E-state index contributed by atoms with van der Waals surface area (Å²) in [4.78, 5) is 2.84. The first-order chi connectivity index (χ1) is 10.2. The van der Waals surface area contributed by atoms with Gasteiger partial charge in [-0.15, -0.1) is 0 Å². The van der Waals surface area contributed by atoms with Crippen LogP contribution in [0.15, 0.2) is 12.2 Å². The van der Waals surface area contributed by atoms with Crippen LogP contribution >= 0.6 is 0 Å². The summed E-state index contributed by atoms with van der Waals surface area (Å²) in [6.45, 7) is 13.9. The average molecular weight is 400 g/mol. The first kappa shape index (κ1) is 19.5. The molecule has 0 aliphatic carbocycles. The van der Waals surface area contributed by atoms with E-state index in [1.807, 2.05) is 0 Å². The van der Waals surface area contributed by atoms with Gasteiger partial charge in [-0.05, 0) is 0 Å². The van der Waals surface area contributed by atoms with Crippen LogP contribution in [0, 0.1) is 0 Å². The van der Waals surface area contributed by atoms with Gasteiger partial charge in [0.05, 0.1) is 0 Å². The van der Waals surface area contributed by atoms with Crippen LogP contribution in [0.4, 0.5) is 0 Å². The first-order valence-corrected chi connectivity index (χ1v) is 17.6. The van der Waals surface area contributed by atoms with Crippen molar-refractivity contribution in [2.24, 2.45) is 0 Å². The molecule has 0 atom stereocenters. The van der Waals surface area contributed by atoms with Gasteiger partial charge >= 0.3 is 139 Å². The molecule has 124 valence electrons. The van der Waals surface area contributed by atoms with E-state index in [1.54, 1.807) is 17.9 Å². The summed E-state index contributed by atoms with van der Waals surface area (Å²) >= 11 is -1.93. The normalized spacial score (nSPS) is 17.4. The van der Waals surface area contributed by atoms with Gasteiger partial charge in [0.25, 0.3) is 0 Å². The van der Waals surface area contributed by atoms with Crippen molar-refractivity contribution >= 4 is 18.4 Å². The zero-order valence-corrected chi connectivity index (χ0v) is 17.9. The van der Waals surface area contributed by atoms with Gasteiger partial charge in [-0.1, -0.05) is 0 Å². The van der Waals surface area contributed by atoms with Crippen LogP contribution in [0.5, 0.6) is 0 Å². The minimum absolute atomic E-state index is 1.26. The van der Waals surface area contributed by atoms with Gasteiger partial charge in [0.2, 0.25) is 0 Å². The van der Waals surface area contributed by atoms with Gasteiger partial charge in [-0.2, -0.15) is 0 Å². The van der Waals surface area contributed by atoms with Crippen molar-refractivity contribution in [2.75, 3.05) is 17.7 Å². The van der Waals surface area contributed by atoms with E-state index < -0.39 is 18.4 Å². The van der Waals surface area contributed by atoms with E-state index in [0.29, 0.717) is 0 Å². The number of hydrogen-bond acceptors (Lipinski definition) is 1. The topological polar surface area (TPSA) is 3.24 Å². The molecule has 0 N–H and O–H groups in total. The fraction of sp³-hybridized carbons (Fsp3) is 0.895. The molecule has 0 unspecified atom stereocenters. The molecular formula is C19H39NSn. The third-order valence-corrected chi connectivity index (χ3v) is 20.6. The molecule has 1 nitrogen and oxygen atoms in total. The van der Waals surface area contributed by atoms with E-state index in [2.05, 4.69) is 32.3 Å². The molecule has 1 fully saturated rings. The number of piperidine rings is 1. The van der Waals surface area contributed by atoms with E-state index in [4.69, 9.17) is 0 Å². The molecule has 0 aromatic carbocycles. The molecule has 0 saturated carbocycles. The Morgan fingerprint density at radius 3 is 1.67 bits per heavy atom. The van der Waals surface area contributed by atoms with E-state index in [1.165, 1.54) is 70.0 Å². The van der Waals surface area contributed by atoms with Gasteiger partial charge < -0.3 is 0 Å². The first-order valence-electron chi connectivity index (χ1n) is 9.54. The predicted molar refractivity (Wildman–Crippen MR) is 99.7 cm³/mol. The molecule has 0 aromatic heterocycles. The van der Waals surface area contributed by atoms with Crippen molar-refractivity contribution in [1.29, 1.82) is 0 Å². The molecule has 0 amide bonds. The summed E-state index contributed by atoms with van der Waals surface area (Å²) in [7, 11) is 0. The quantitative estimate of drug-likeness (QED) is 0.303. The second-order valence-corrected chi connectivity index (χ2v) is 21.1. The van der Waals surface area contributed by atoms with Crippen LogP contribution < -0.4 is 0 Å². The van der Waals surface area contributed by atoms with Crippen LogP contribution in [0.25, 0.3) is 0 Å². The SMILES string of the molecule is C=C1CCN([CH2][Sn]([CH2]CCC)([CH2]CCC)[CH2]CCC)CC1. The molecule has 0 radical (unpaired) electrons. The molecular weight excluding hydrogens is 361 g/mol. The Morgan fingerprint density at radius 1 is 0.857 bits per heavy atom. The van der Waals surface area contributed by atoms with Crippen LogP contribution in [-0.2, 0) is 0 Å². The average Bonchev–Trinajstić information content (AvgIpc) is 2.51. The number of nitrogens with zero attached hydrogens (tertiary/aromatic N) is 1. The molecule has 0 aromatic rings. The zero-order chi connectivity index (χ0) is 15.6. The summed E-state index contributed by atoms with van der Waals surface area (Å²) in [5.41, 5.74) is 1.49. The second-order valence-electron chi connectivity index (χ2n) is 7.34. The Labute approximate surface area is 138 Å². The summed E-state index contributed by atoms with van der Waals surface area (Å²) in [5, 5.41) is 0. The van der Waals surface area contributed by atoms with E-state index >= 15 is 0 Å². The zero-order valence-electron chi connectivity index (χ0n) is 15.1. The number of unbranched alkanes of at least 4 members (excludes halogenated alkanes) is 3. The molecule has 1 saturated heterocycles. The summed E-state index contributed by atoms with van der Waals surface area (Å²) in [5.74, 6) is 0. The van der Waals surface area contributed by atoms with Crippen molar-refractivity contribution in [2.45, 2.75) is 85.4 Å². The number of likely N-dealkylation sites (tertiary alicyclic amines) is 1. The third kappa shape index (κ3) is 7.54. The molecule has 0 bridgehead atoms. The maximum atomic E-state index is 4.18. The minimum atomic E-state index is -1.93. The van der Waals surface area contributed by atoms with Crippen LogP contribution in [0.3, 0.4) is 0 Å². The van der Waals surface area contributed by atoms with Crippen LogP contribution in [0.2, 0.25) is 13.3 Å². The second kappa shape index (κ2) is 11.1. The van der Waals surface area contributed by atoms with Gasteiger partial charge in [0.1, 0.15) is 0 Å². The molecule has 1 rings (SSSR count). The third-order valence-electron chi connectivity index (χ3n) is 5.30. The standard InChI is InChI=1S/C7H12N.3C4H9.Sn/c1-7-3-5-8(2)6-4-7;3*1-3-4-2;/h1-6H2;3*1,3-4H2,2H3;. The molecule has 0 spiro atoms. The molecule has 2 heteroatoms. The van der Waals surface area contributed by atoms with Crippen molar-refractivity contribution in [3.63, 3.8) is 0 Å². The predicted octanol–water partition coefficient (Wildman–Crippen LogP) is 6.03. The fourth-order valence-electron chi connectivity index (χ4n) is 3.77. The van der Waals surface area contributed by atoms with Gasteiger partial charge in [-0.25, -0.2) is 0 Å². The number of hydrogen-bond donors (Lipinski definition) is 0. The van der Waals surface area contributed by atoms with Gasteiger partial charge in [0, 0.05) is 0 Å². The summed E-state index contributed by atoms with van der Waals surface area (Å²) < 4.78 is 6.52. The van der Waals surface area contributed by atoms with Gasteiger partial charge in [-0.3, -0.25) is 0 Å². The monoisotopic (exact) mass is 401 g/mol. The molecule has 21 heavy (non-hydrogen) atoms. The van der Waals surface area contributed by atoms with E-state index in [9.17, 15) is 0 Å². The molecule has 1 heterocycles. The van der Waals surface area contributed by atoms with Crippen molar-refractivity contribution < 1.29 is 0 Å². The van der Waals surface area contributed by atoms with Crippen molar-refractivity contribution in [3.8, 4) is 0 Å². The Kier molecular flexibility index (Phi) is 10.3. The van der Waals surface area contributed by atoms with Crippen LogP contribution in [-0.4, -0.2) is 40.9 Å². The van der Waals surface area contributed by atoms with Crippen molar-refractivity contribution in [3.05, 3.63) is 12.2 Å². The maximum absolute atomic E-state index is 4.18. The number of rotatable bonds is 11. The molecule has 1 aliphatic heterocycles. The van der Waals surface area contributed by atoms with Gasteiger partial charge in [0.15, 0.2) is 0 Å². The van der Waals surface area contributed by atoms with Crippen molar-refractivity contribution in [1.82, 2.24) is 4.90 Å². The Morgan fingerprint density at radius 2 is 1.29 bits per heavy atom. The van der Waals surface area contributed by atoms with E-state index in [-0.39, 0.29) is 0 Å². The molecule has 1 aliphatic rings. The Hall–Kier alpha value is 0.499. The van der Waals surface area contributed by atoms with E-state index in [0.717, 1.165) is 0 Å². The summed E-state index contributed by atoms with van der Waals surface area (Å²) in [6.07, 6.45) is 11.2. The Bertz CT molecular complexity index is 256. The Balaban J connectivity index is 2.67. The summed E-state index contributed by atoms with van der Waals surface area (Å²) in [6, 6.07) is 0. The fourth-order valence-corrected chi connectivity index (χ4v) is 20.3. The van der Waals surface area contributed by atoms with Crippen LogP contribution in [0.1, 0.15) is 72.1 Å².